The highest BCUT2D eigenvalue weighted by molar-refractivity contribution is 5.76. The number of nitrogens with one attached hydrogen (secondary N) is 1. The van der Waals surface area contributed by atoms with E-state index in [0.717, 1.165) is 12.2 Å². The molecule has 0 radical (unpaired) electrons. The van der Waals surface area contributed by atoms with Crippen LogP contribution in [0, 0.1) is 5.92 Å². The topological polar surface area (TPSA) is 68.3 Å². The fourth-order valence-corrected chi connectivity index (χ4v) is 1.42. The van der Waals surface area contributed by atoms with Gasteiger partial charge in [-0.2, -0.15) is 0 Å². The highest BCUT2D eigenvalue weighted by atomic mass is 16.3. The molecule has 0 aliphatic heterocycles. The number of rotatable bonds is 6. The lowest BCUT2D eigenvalue weighted by atomic mass is 10.1. The summed E-state index contributed by atoms with van der Waals surface area (Å²) >= 11 is 0. The first-order valence-electron chi connectivity index (χ1n) is 5.66. The maximum absolute atomic E-state index is 11.6. The summed E-state index contributed by atoms with van der Waals surface area (Å²) in [6.45, 7) is 4.58. The minimum Gasteiger partial charge on any atom is -0.467 e. The molecule has 4 heteroatoms. The maximum atomic E-state index is 11.6. The first kappa shape index (κ1) is 12.8. The van der Waals surface area contributed by atoms with Crippen LogP contribution < -0.4 is 11.1 Å². The van der Waals surface area contributed by atoms with Gasteiger partial charge in [0, 0.05) is 6.42 Å². The lowest BCUT2D eigenvalue weighted by Gasteiger charge is -2.12. The van der Waals surface area contributed by atoms with E-state index in [-0.39, 0.29) is 11.9 Å². The van der Waals surface area contributed by atoms with Crippen molar-refractivity contribution in [1.82, 2.24) is 5.32 Å². The molecule has 1 amide bonds. The van der Waals surface area contributed by atoms with Gasteiger partial charge in [0.1, 0.15) is 5.76 Å². The molecular weight excluding hydrogens is 204 g/mol. The van der Waals surface area contributed by atoms with Crippen LogP contribution >= 0.6 is 0 Å². The van der Waals surface area contributed by atoms with Crippen LogP contribution in [-0.4, -0.2) is 12.5 Å². The van der Waals surface area contributed by atoms with Crippen molar-refractivity contribution in [3.63, 3.8) is 0 Å². The van der Waals surface area contributed by atoms with Crippen molar-refractivity contribution >= 4 is 5.91 Å². The van der Waals surface area contributed by atoms with Crippen LogP contribution in [0.15, 0.2) is 22.8 Å². The minimum atomic E-state index is -0.0734. The Kier molecular flexibility index (Phi) is 5.05. The first-order valence-corrected chi connectivity index (χ1v) is 5.66. The Morgan fingerprint density at radius 2 is 2.31 bits per heavy atom. The average molecular weight is 224 g/mol. The second-order valence-corrected chi connectivity index (χ2v) is 4.18. The molecule has 0 saturated carbocycles. The van der Waals surface area contributed by atoms with E-state index in [2.05, 4.69) is 5.32 Å². The fourth-order valence-electron chi connectivity index (χ4n) is 1.42. The van der Waals surface area contributed by atoms with E-state index in [1.54, 1.807) is 6.26 Å². The zero-order chi connectivity index (χ0) is 12.0. The van der Waals surface area contributed by atoms with Gasteiger partial charge in [-0.15, -0.1) is 0 Å². The molecule has 0 aromatic carbocycles. The van der Waals surface area contributed by atoms with Crippen LogP contribution in [0.5, 0.6) is 0 Å². The van der Waals surface area contributed by atoms with Gasteiger partial charge in [0.05, 0.1) is 12.3 Å². The monoisotopic (exact) mass is 224 g/mol. The number of carbonyl (C=O) groups excluding carboxylic acids is 1. The van der Waals surface area contributed by atoms with Gasteiger partial charge in [-0.1, -0.05) is 6.92 Å². The lowest BCUT2D eigenvalue weighted by Crippen LogP contribution is -2.27. The molecule has 3 N–H and O–H groups in total. The van der Waals surface area contributed by atoms with E-state index in [0.29, 0.717) is 18.9 Å². The van der Waals surface area contributed by atoms with Crippen LogP contribution in [0.2, 0.25) is 0 Å². The normalized spacial score (nSPS) is 14.4. The first-order chi connectivity index (χ1) is 7.63. The molecule has 1 rings (SSSR count). The number of carbonyl (C=O) groups is 1. The number of amides is 1. The van der Waals surface area contributed by atoms with Crippen molar-refractivity contribution in [3.8, 4) is 0 Å². The summed E-state index contributed by atoms with van der Waals surface area (Å²) < 4.78 is 5.21. The average Bonchev–Trinajstić information content (AvgIpc) is 2.79. The third-order valence-corrected chi connectivity index (χ3v) is 2.61. The second-order valence-electron chi connectivity index (χ2n) is 4.18. The fraction of sp³-hybridized carbons (Fsp3) is 0.583. The van der Waals surface area contributed by atoms with Crippen LogP contribution in [-0.2, 0) is 4.79 Å². The minimum absolute atomic E-state index is 0.0456. The Hall–Kier alpha value is -1.29. The standard InChI is InChI=1S/C12H20N2O2/c1-9(8-13)5-6-12(15)14-10(2)11-4-3-7-16-11/h3-4,7,9-10H,5-6,8,13H2,1-2H3,(H,14,15)/t9?,10-/m1/s1. The summed E-state index contributed by atoms with van der Waals surface area (Å²) in [6, 6.07) is 3.60. The Balaban J connectivity index is 2.29. The van der Waals surface area contributed by atoms with Gasteiger partial charge < -0.3 is 15.5 Å². The van der Waals surface area contributed by atoms with E-state index in [1.807, 2.05) is 26.0 Å². The van der Waals surface area contributed by atoms with E-state index in [1.165, 1.54) is 0 Å². The van der Waals surface area contributed by atoms with Gasteiger partial charge in [-0.05, 0) is 37.9 Å². The van der Waals surface area contributed by atoms with Crippen molar-refractivity contribution in [3.05, 3.63) is 24.2 Å². The smallest absolute Gasteiger partial charge is 0.220 e. The Morgan fingerprint density at radius 1 is 1.56 bits per heavy atom. The number of hydrogen-bond donors (Lipinski definition) is 2. The third-order valence-electron chi connectivity index (χ3n) is 2.61. The van der Waals surface area contributed by atoms with Crippen molar-refractivity contribution in [1.29, 1.82) is 0 Å². The molecule has 2 atom stereocenters. The highest BCUT2D eigenvalue weighted by Crippen LogP contribution is 2.12. The second kappa shape index (κ2) is 6.33. The van der Waals surface area contributed by atoms with Crippen molar-refractivity contribution < 1.29 is 9.21 Å². The Bertz CT molecular complexity index is 309. The summed E-state index contributed by atoms with van der Waals surface area (Å²) in [5.41, 5.74) is 5.49. The molecule has 1 aromatic rings. The third kappa shape index (κ3) is 4.06. The number of furan rings is 1. The van der Waals surface area contributed by atoms with E-state index in [4.69, 9.17) is 10.2 Å². The van der Waals surface area contributed by atoms with E-state index in [9.17, 15) is 4.79 Å². The molecule has 90 valence electrons. The number of nitrogens with two attached hydrogens (primary N) is 1. The van der Waals surface area contributed by atoms with Gasteiger partial charge in [-0.25, -0.2) is 0 Å². The highest BCUT2D eigenvalue weighted by Gasteiger charge is 2.12. The molecule has 0 fully saturated rings. The Morgan fingerprint density at radius 3 is 2.88 bits per heavy atom. The van der Waals surface area contributed by atoms with Gasteiger partial charge >= 0.3 is 0 Å². The molecule has 16 heavy (non-hydrogen) atoms. The molecule has 0 spiro atoms. The summed E-state index contributed by atoms with van der Waals surface area (Å²) in [5.74, 6) is 1.22. The zero-order valence-electron chi connectivity index (χ0n) is 9.90. The molecule has 0 aliphatic rings. The summed E-state index contributed by atoms with van der Waals surface area (Å²) in [7, 11) is 0. The molecule has 1 unspecified atom stereocenters. The van der Waals surface area contributed by atoms with Crippen LogP contribution in [0.4, 0.5) is 0 Å². The Labute approximate surface area is 96.2 Å². The van der Waals surface area contributed by atoms with Crippen molar-refractivity contribution in [2.45, 2.75) is 32.7 Å². The molecule has 0 aliphatic carbocycles. The van der Waals surface area contributed by atoms with Crippen molar-refractivity contribution in [2.75, 3.05) is 6.54 Å². The van der Waals surface area contributed by atoms with Gasteiger partial charge in [0.2, 0.25) is 5.91 Å². The van der Waals surface area contributed by atoms with E-state index >= 15 is 0 Å². The van der Waals surface area contributed by atoms with Crippen LogP contribution in [0.25, 0.3) is 0 Å². The largest absolute Gasteiger partial charge is 0.467 e. The molecular formula is C12H20N2O2. The van der Waals surface area contributed by atoms with Gasteiger partial charge in [0.15, 0.2) is 0 Å². The predicted molar refractivity (Wildman–Crippen MR) is 62.7 cm³/mol. The summed E-state index contributed by atoms with van der Waals surface area (Å²) in [4.78, 5) is 11.6. The summed E-state index contributed by atoms with van der Waals surface area (Å²) in [6.07, 6.45) is 2.95. The number of hydrogen-bond acceptors (Lipinski definition) is 3. The predicted octanol–water partition coefficient (Wildman–Crippen LogP) is 1.83. The maximum Gasteiger partial charge on any atom is 0.220 e. The van der Waals surface area contributed by atoms with E-state index < -0.39 is 0 Å². The molecule has 0 saturated heterocycles. The molecule has 0 bridgehead atoms. The van der Waals surface area contributed by atoms with Gasteiger partial charge in [-0.3, -0.25) is 4.79 Å². The lowest BCUT2D eigenvalue weighted by molar-refractivity contribution is -0.122. The van der Waals surface area contributed by atoms with Crippen LogP contribution in [0.1, 0.15) is 38.5 Å². The SMILES string of the molecule is CC(CN)CCC(=O)N[C@H](C)c1ccco1. The van der Waals surface area contributed by atoms with Gasteiger partial charge in [0.25, 0.3) is 0 Å². The molecule has 1 heterocycles. The quantitative estimate of drug-likeness (QED) is 0.774. The molecule has 4 nitrogen and oxygen atoms in total. The zero-order valence-corrected chi connectivity index (χ0v) is 9.90. The summed E-state index contributed by atoms with van der Waals surface area (Å²) in [5, 5.41) is 2.89. The van der Waals surface area contributed by atoms with Crippen molar-refractivity contribution in [2.24, 2.45) is 11.7 Å². The van der Waals surface area contributed by atoms with Crippen LogP contribution in [0.3, 0.4) is 0 Å². The molecule has 1 aromatic heterocycles.